The summed E-state index contributed by atoms with van der Waals surface area (Å²) in [6.45, 7) is 3.29. The first kappa shape index (κ1) is 11.6. The lowest BCUT2D eigenvalue weighted by Gasteiger charge is -2.27. The molecule has 0 heterocycles. The number of hydrogen-bond acceptors (Lipinski definition) is 1. The number of rotatable bonds is 3. The maximum Gasteiger partial charge on any atom is 0.223 e. The summed E-state index contributed by atoms with van der Waals surface area (Å²) in [5.74, 6) is 4.17. The molecule has 0 radical (unpaired) electrons. The van der Waals surface area contributed by atoms with Crippen LogP contribution in [0.15, 0.2) is 0 Å². The first-order chi connectivity index (χ1) is 8.22. The monoisotopic (exact) mass is 235 g/mol. The summed E-state index contributed by atoms with van der Waals surface area (Å²) in [7, 11) is 0. The van der Waals surface area contributed by atoms with Crippen LogP contribution in [-0.2, 0) is 4.79 Å². The first-order valence-corrected chi connectivity index (χ1v) is 7.50. The average molecular weight is 235 g/mol. The average Bonchev–Trinajstić information content (AvgIpc) is 2.93. The Hall–Kier alpha value is -0.530. The first-order valence-electron chi connectivity index (χ1n) is 7.50. The molecule has 0 bridgehead atoms. The summed E-state index contributed by atoms with van der Waals surface area (Å²) in [5, 5.41) is 3.22. The van der Waals surface area contributed by atoms with Crippen LogP contribution in [0, 0.1) is 29.6 Å². The molecule has 1 amide bonds. The Balaban J connectivity index is 1.39. The van der Waals surface area contributed by atoms with E-state index in [-0.39, 0.29) is 0 Å². The third-order valence-corrected chi connectivity index (χ3v) is 5.22. The zero-order valence-electron chi connectivity index (χ0n) is 11.0. The third-order valence-electron chi connectivity index (χ3n) is 5.22. The van der Waals surface area contributed by atoms with Gasteiger partial charge in [0.1, 0.15) is 0 Å². The van der Waals surface area contributed by atoms with E-state index in [2.05, 4.69) is 12.2 Å². The zero-order chi connectivity index (χ0) is 11.8. The van der Waals surface area contributed by atoms with E-state index in [1.54, 1.807) is 0 Å². The number of fused-ring (bicyclic) bond motifs is 1. The highest BCUT2D eigenvalue weighted by atomic mass is 16.1. The molecule has 3 fully saturated rings. The zero-order valence-corrected chi connectivity index (χ0v) is 11.0. The molecule has 4 atom stereocenters. The molecule has 3 saturated carbocycles. The van der Waals surface area contributed by atoms with E-state index in [4.69, 9.17) is 0 Å². The Kier molecular flexibility index (Phi) is 3.14. The standard InChI is InChI=1S/C15H25NO/c1-10-3-2-4-11(5-10)9-16-15(17)14-7-12-6-13(12)8-14/h10-14H,2-9H2,1H3,(H,16,17). The highest BCUT2D eigenvalue weighted by Gasteiger charge is 2.47. The second-order valence-electron chi connectivity index (χ2n) is 6.81. The predicted octanol–water partition coefficient (Wildman–Crippen LogP) is 2.98. The molecule has 0 aromatic rings. The van der Waals surface area contributed by atoms with Gasteiger partial charge in [-0.25, -0.2) is 0 Å². The van der Waals surface area contributed by atoms with Crippen LogP contribution in [0.25, 0.3) is 0 Å². The topological polar surface area (TPSA) is 29.1 Å². The van der Waals surface area contributed by atoms with Crippen molar-refractivity contribution < 1.29 is 4.79 Å². The normalized spacial score (nSPS) is 44.2. The second-order valence-corrected chi connectivity index (χ2v) is 6.81. The fraction of sp³-hybridized carbons (Fsp3) is 0.933. The van der Waals surface area contributed by atoms with Gasteiger partial charge in [-0.3, -0.25) is 4.79 Å². The molecule has 0 spiro atoms. The van der Waals surface area contributed by atoms with Crippen molar-refractivity contribution in [1.82, 2.24) is 5.32 Å². The molecule has 4 unspecified atom stereocenters. The summed E-state index contributed by atoms with van der Waals surface area (Å²) < 4.78 is 0. The number of carbonyl (C=O) groups is 1. The van der Waals surface area contributed by atoms with Gasteiger partial charge in [0.15, 0.2) is 0 Å². The van der Waals surface area contributed by atoms with Gasteiger partial charge in [0, 0.05) is 12.5 Å². The molecule has 0 aromatic carbocycles. The molecule has 17 heavy (non-hydrogen) atoms. The molecule has 1 N–H and O–H groups in total. The van der Waals surface area contributed by atoms with E-state index in [9.17, 15) is 4.79 Å². The smallest absolute Gasteiger partial charge is 0.223 e. The Morgan fingerprint density at radius 1 is 1.12 bits per heavy atom. The Labute approximate surface area is 105 Å². The second kappa shape index (κ2) is 4.62. The van der Waals surface area contributed by atoms with E-state index in [0.29, 0.717) is 11.8 Å². The molecule has 2 nitrogen and oxygen atoms in total. The number of amides is 1. The van der Waals surface area contributed by atoms with Crippen LogP contribution in [0.1, 0.15) is 51.9 Å². The largest absolute Gasteiger partial charge is 0.356 e. The fourth-order valence-corrected chi connectivity index (χ4v) is 4.06. The lowest BCUT2D eigenvalue weighted by molar-refractivity contribution is -0.125. The van der Waals surface area contributed by atoms with Crippen molar-refractivity contribution in [2.45, 2.75) is 51.9 Å². The molecule has 3 aliphatic carbocycles. The van der Waals surface area contributed by atoms with Gasteiger partial charge in [0.2, 0.25) is 5.91 Å². The molecule has 3 aliphatic rings. The summed E-state index contributed by atoms with van der Waals surface area (Å²) in [4.78, 5) is 12.0. The maximum absolute atomic E-state index is 12.0. The molecule has 96 valence electrons. The van der Waals surface area contributed by atoms with Gasteiger partial charge in [-0.1, -0.05) is 19.8 Å². The van der Waals surface area contributed by atoms with Crippen molar-refractivity contribution in [3.8, 4) is 0 Å². The third kappa shape index (κ3) is 2.66. The van der Waals surface area contributed by atoms with Gasteiger partial charge >= 0.3 is 0 Å². The highest BCUT2D eigenvalue weighted by Crippen LogP contribution is 2.54. The van der Waals surface area contributed by atoms with Crippen LogP contribution in [0.2, 0.25) is 0 Å². The minimum atomic E-state index is 0.357. The number of hydrogen-bond donors (Lipinski definition) is 1. The molecule has 0 aromatic heterocycles. The summed E-state index contributed by atoms with van der Waals surface area (Å²) >= 11 is 0. The van der Waals surface area contributed by atoms with Crippen LogP contribution in [0.3, 0.4) is 0 Å². The van der Waals surface area contributed by atoms with Gasteiger partial charge in [-0.2, -0.15) is 0 Å². The van der Waals surface area contributed by atoms with Crippen molar-refractivity contribution >= 4 is 5.91 Å². The molecular weight excluding hydrogens is 210 g/mol. The molecule has 0 saturated heterocycles. The van der Waals surface area contributed by atoms with Crippen LogP contribution in [0.4, 0.5) is 0 Å². The van der Waals surface area contributed by atoms with Gasteiger partial charge in [-0.15, -0.1) is 0 Å². The van der Waals surface area contributed by atoms with Crippen molar-refractivity contribution in [2.24, 2.45) is 29.6 Å². The Morgan fingerprint density at radius 2 is 1.88 bits per heavy atom. The van der Waals surface area contributed by atoms with E-state index in [1.165, 1.54) is 44.9 Å². The van der Waals surface area contributed by atoms with Crippen molar-refractivity contribution in [2.75, 3.05) is 6.54 Å². The van der Waals surface area contributed by atoms with Gasteiger partial charge in [-0.05, 0) is 55.8 Å². The predicted molar refractivity (Wildman–Crippen MR) is 68.5 cm³/mol. The van der Waals surface area contributed by atoms with E-state index in [0.717, 1.165) is 30.2 Å². The summed E-state index contributed by atoms with van der Waals surface area (Å²) in [6, 6.07) is 0. The van der Waals surface area contributed by atoms with Crippen LogP contribution < -0.4 is 5.32 Å². The van der Waals surface area contributed by atoms with Gasteiger partial charge in [0.05, 0.1) is 0 Å². The van der Waals surface area contributed by atoms with Crippen molar-refractivity contribution in [3.63, 3.8) is 0 Å². The lowest BCUT2D eigenvalue weighted by atomic mass is 9.82. The maximum atomic E-state index is 12.0. The SMILES string of the molecule is CC1CCCC(CNC(=O)C2CC3CC3C2)C1. The van der Waals surface area contributed by atoms with Crippen molar-refractivity contribution in [1.29, 1.82) is 0 Å². The molecular formula is C15H25NO. The van der Waals surface area contributed by atoms with Gasteiger partial charge in [0.25, 0.3) is 0 Å². The summed E-state index contributed by atoms with van der Waals surface area (Å²) in [6.07, 6.45) is 9.14. The minimum Gasteiger partial charge on any atom is -0.356 e. The van der Waals surface area contributed by atoms with Crippen LogP contribution in [-0.4, -0.2) is 12.5 Å². The van der Waals surface area contributed by atoms with Crippen LogP contribution in [0.5, 0.6) is 0 Å². The Bertz CT molecular complexity index is 291. The van der Waals surface area contributed by atoms with E-state index in [1.807, 2.05) is 0 Å². The molecule has 2 heteroatoms. The lowest BCUT2D eigenvalue weighted by Crippen LogP contribution is -2.35. The minimum absolute atomic E-state index is 0.357. The fourth-order valence-electron chi connectivity index (χ4n) is 4.06. The quantitative estimate of drug-likeness (QED) is 0.800. The highest BCUT2D eigenvalue weighted by molar-refractivity contribution is 5.79. The molecule has 3 rings (SSSR count). The van der Waals surface area contributed by atoms with E-state index < -0.39 is 0 Å². The van der Waals surface area contributed by atoms with E-state index >= 15 is 0 Å². The number of carbonyl (C=O) groups excluding carboxylic acids is 1. The van der Waals surface area contributed by atoms with Crippen LogP contribution >= 0.6 is 0 Å². The Morgan fingerprint density at radius 3 is 2.59 bits per heavy atom. The number of nitrogens with one attached hydrogen (secondary N) is 1. The summed E-state index contributed by atoms with van der Waals surface area (Å²) in [5.41, 5.74) is 0. The van der Waals surface area contributed by atoms with Gasteiger partial charge < -0.3 is 5.32 Å². The molecule has 0 aliphatic heterocycles. The van der Waals surface area contributed by atoms with Crippen molar-refractivity contribution in [3.05, 3.63) is 0 Å².